The van der Waals surface area contributed by atoms with Crippen molar-refractivity contribution in [3.05, 3.63) is 95.8 Å². The van der Waals surface area contributed by atoms with Crippen LogP contribution in [0.25, 0.3) is 0 Å². The van der Waals surface area contributed by atoms with Crippen LogP contribution in [0.3, 0.4) is 0 Å². The van der Waals surface area contributed by atoms with Gasteiger partial charge in [0.15, 0.2) is 0 Å². The number of likely N-dealkylation sites (N-methyl/N-ethyl adjacent to an activating group) is 1. The van der Waals surface area contributed by atoms with E-state index in [2.05, 4.69) is 63.2 Å². The van der Waals surface area contributed by atoms with Crippen LogP contribution in [0, 0.1) is 5.82 Å². The number of hydrogen-bond acceptors (Lipinski definition) is 6. The van der Waals surface area contributed by atoms with Crippen LogP contribution in [0.2, 0.25) is 0 Å². The van der Waals surface area contributed by atoms with Gasteiger partial charge >= 0.3 is 6.09 Å². The molecular weight excluding hydrogens is 495 g/mol. The van der Waals surface area contributed by atoms with Gasteiger partial charge in [-0.3, -0.25) is 14.7 Å². The predicted molar refractivity (Wildman–Crippen MR) is 151 cm³/mol. The molecule has 2 aliphatic rings. The van der Waals surface area contributed by atoms with Gasteiger partial charge in [-0.05, 0) is 36.2 Å². The molecule has 1 amide bonds. The lowest BCUT2D eigenvalue weighted by molar-refractivity contribution is 0.0672. The van der Waals surface area contributed by atoms with Crippen LogP contribution in [0.4, 0.5) is 20.6 Å². The van der Waals surface area contributed by atoms with Crippen molar-refractivity contribution in [3.63, 3.8) is 0 Å². The first-order chi connectivity index (χ1) is 19.0. The van der Waals surface area contributed by atoms with Crippen molar-refractivity contribution in [1.29, 1.82) is 0 Å². The van der Waals surface area contributed by atoms with Crippen molar-refractivity contribution in [2.75, 3.05) is 55.7 Å². The number of hydrogen-bond donors (Lipinski definition) is 1. The van der Waals surface area contributed by atoms with E-state index in [0.717, 1.165) is 32.7 Å². The number of cyclic esters (lactones) is 1. The lowest BCUT2D eigenvalue weighted by Crippen LogP contribution is -2.56. The second-order valence-electron chi connectivity index (χ2n) is 10.3. The van der Waals surface area contributed by atoms with Crippen molar-refractivity contribution in [1.82, 2.24) is 9.80 Å². The van der Waals surface area contributed by atoms with Gasteiger partial charge in [0.2, 0.25) is 0 Å². The molecule has 1 N–H and O–H groups in total. The number of rotatable bonds is 10. The van der Waals surface area contributed by atoms with Crippen LogP contribution in [0.5, 0.6) is 0 Å². The monoisotopic (exact) mass is 532 g/mol. The van der Waals surface area contributed by atoms with Crippen molar-refractivity contribution < 1.29 is 19.0 Å². The minimum atomic E-state index is -0.590. The molecule has 2 heterocycles. The van der Waals surface area contributed by atoms with E-state index in [-0.39, 0.29) is 25.0 Å². The smallest absolute Gasteiger partial charge is 0.414 e. The third kappa shape index (κ3) is 6.58. The number of amides is 1. The number of carbonyl (C=O) groups excluding carboxylic acids is 1. The normalized spacial score (nSPS) is 20.3. The van der Waals surface area contributed by atoms with Crippen LogP contribution < -0.4 is 9.80 Å². The van der Waals surface area contributed by atoms with Gasteiger partial charge in [0.1, 0.15) is 11.9 Å². The molecule has 39 heavy (non-hydrogen) atoms. The zero-order valence-electron chi connectivity index (χ0n) is 22.5. The van der Waals surface area contributed by atoms with Crippen molar-refractivity contribution in [3.8, 4) is 0 Å². The summed E-state index contributed by atoms with van der Waals surface area (Å²) in [6, 6.07) is 26.1. The quantitative estimate of drug-likeness (QED) is 0.419. The van der Waals surface area contributed by atoms with Crippen LogP contribution >= 0.6 is 0 Å². The molecule has 1 unspecified atom stereocenters. The second-order valence-corrected chi connectivity index (χ2v) is 10.3. The molecule has 0 aromatic heterocycles. The molecule has 3 aromatic rings. The first-order valence-corrected chi connectivity index (χ1v) is 13.7. The Hall–Kier alpha value is -3.46. The summed E-state index contributed by atoms with van der Waals surface area (Å²) >= 11 is 0. The number of aliphatic hydroxyl groups excluding tert-OH is 1. The number of nitrogens with zero attached hydrogens (tertiary/aromatic N) is 4. The zero-order valence-corrected chi connectivity index (χ0v) is 22.5. The van der Waals surface area contributed by atoms with Gasteiger partial charge in [-0.15, -0.1) is 0 Å². The zero-order chi connectivity index (χ0) is 27.2. The van der Waals surface area contributed by atoms with E-state index in [9.17, 15) is 9.90 Å². The number of aliphatic hydroxyl groups is 1. The van der Waals surface area contributed by atoms with E-state index in [1.807, 2.05) is 19.1 Å². The SMILES string of the molecule is CCN(CC1CN(Cc2ccccc2)CCN1Cc1ccccc1)c1ccc(N2C[C@H](CO)OC2=O)cc1F. The molecule has 7 nitrogen and oxygen atoms in total. The molecule has 2 fully saturated rings. The molecule has 206 valence electrons. The number of piperazine rings is 1. The van der Waals surface area contributed by atoms with E-state index in [1.165, 1.54) is 22.1 Å². The van der Waals surface area contributed by atoms with Gasteiger partial charge in [-0.1, -0.05) is 60.7 Å². The van der Waals surface area contributed by atoms with E-state index >= 15 is 4.39 Å². The Kier molecular flexibility index (Phi) is 8.76. The fraction of sp³-hybridized carbons (Fsp3) is 0.387. The van der Waals surface area contributed by atoms with Crippen LogP contribution in [0.15, 0.2) is 78.9 Å². The molecule has 2 saturated heterocycles. The maximum absolute atomic E-state index is 15.5. The molecule has 5 rings (SSSR count). The summed E-state index contributed by atoms with van der Waals surface area (Å²) in [4.78, 5) is 20.7. The standard InChI is InChI=1S/C31H37FN4O3/c1-2-34(30-14-13-26(17-29(30)32)36-22-28(23-37)39-31(36)38)21-27-20-33(18-24-9-5-3-6-10-24)15-16-35(27)19-25-11-7-4-8-12-25/h3-14,17,27-28,37H,2,15-16,18-23H2,1H3/t27?,28-/m1/s1. The fourth-order valence-electron chi connectivity index (χ4n) is 5.54. The minimum absolute atomic E-state index is 0.208. The predicted octanol–water partition coefficient (Wildman–Crippen LogP) is 4.36. The van der Waals surface area contributed by atoms with Gasteiger partial charge in [0.05, 0.1) is 24.5 Å². The topological polar surface area (TPSA) is 59.5 Å². The largest absolute Gasteiger partial charge is 0.441 e. The highest BCUT2D eigenvalue weighted by Gasteiger charge is 2.33. The van der Waals surface area contributed by atoms with Crippen LogP contribution in [0.1, 0.15) is 18.1 Å². The Balaban J connectivity index is 1.33. The van der Waals surface area contributed by atoms with Gasteiger partial charge in [0.25, 0.3) is 0 Å². The second kappa shape index (κ2) is 12.6. The Morgan fingerprint density at radius 1 is 0.949 bits per heavy atom. The van der Waals surface area contributed by atoms with Crippen LogP contribution in [-0.2, 0) is 17.8 Å². The average molecular weight is 533 g/mol. The van der Waals surface area contributed by atoms with Gasteiger partial charge in [-0.25, -0.2) is 9.18 Å². The molecule has 0 aliphatic carbocycles. The third-order valence-electron chi connectivity index (χ3n) is 7.64. The van der Waals surface area contributed by atoms with Gasteiger partial charge < -0.3 is 14.7 Å². The maximum Gasteiger partial charge on any atom is 0.414 e. The summed E-state index contributed by atoms with van der Waals surface area (Å²) < 4.78 is 20.6. The highest BCUT2D eigenvalue weighted by Crippen LogP contribution is 2.29. The number of carbonyl (C=O) groups is 1. The summed E-state index contributed by atoms with van der Waals surface area (Å²) in [5, 5.41) is 9.33. The minimum Gasteiger partial charge on any atom is -0.441 e. The van der Waals surface area contributed by atoms with Gasteiger partial charge in [0, 0.05) is 51.9 Å². The van der Waals surface area contributed by atoms with Crippen molar-refractivity contribution in [2.45, 2.75) is 32.2 Å². The highest BCUT2D eigenvalue weighted by atomic mass is 19.1. The van der Waals surface area contributed by atoms with E-state index in [1.54, 1.807) is 12.1 Å². The summed E-state index contributed by atoms with van der Waals surface area (Å²) in [5.41, 5.74) is 3.53. The Labute approximate surface area is 230 Å². The third-order valence-corrected chi connectivity index (χ3v) is 7.64. The first kappa shape index (κ1) is 27.1. The van der Waals surface area contributed by atoms with E-state index < -0.39 is 12.2 Å². The Bertz CT molecular complexity index is 1230. The molecule has 3 aromatic carbocycles. The van der Waals surface area contributed by atoms with E-state index in [4.69, 9.17) is 4.74 Å². The average Bonchev–Trinajstić information content (AvgIpc) is 3.35. The summed E-state index contributed by atoms with van der Waals surface area (Å²) in [6.07, 6.45) is -1.15. The molecule has 0 bridgehead atoms. The number of benzene rings is 3. The first-order valence-electron chi connectivity index (χ1n) is 13.7. The van der Waals surface area contributed by atoms with Crippen molar-refractivity contribution in [2.24, 2.45) is 0 Å². The lowest BCUT2D eigenvalue weighted by atomic mass is 10.1. The summed E-state index contributed by atoms with van der Waals surface area (Å²) in [6.45, 7) is 7.89. The molecular formula is C31H37FN4O3. The molecule has 0 spiro atoms. The molecule has 2 aliphatic heterocycles. The van der Waals surface area contributed by atoms with Gasteiger partial charge in [-0.2, -0.15) is 0 Å². The maximum atomic E-state index is 15.5. The fourth-order valence-corrected chi connectivity index (χ4v) is 5.54. The number of ether oxygens (including phenoxy) is 1. The number of anilines is 2. The molecule has 0 saturated carbocycles. The number of halogens is 1. The Morgan fingerprint density at radius 2 is 1.64 bits per heavy atom. The summed E-state index contributed by atoms with van der Waals surface area (Å²) in [7, 11) is 0. The lowest BCUT2D eigenvalue weighted by Gasteiger charge is -2.44. The molecule has 8 heteroatoms. The Morgan fingerprint density at radius 3 is 2.26 bits per heavy atom. The molecule has 2 atom stereocenters. The summed E-state index contributed by atoms with van der Waals surface area (Å²) in [5.74, 6) is -0.374. The van der Waals surface area contributed by atoms with Crippen LogP contribution in [-0.4, -0.2) is 79.0 Å². The molecule has 0 radical (unpaired) electrons. The van der Waals surface area contributed by atoms with E-state index in [0.29, 0.717) is 24.5 Å². The van der Waals surface area contributed by atoms with Crippen molar-refractivity contribution >= 4 is 17.5 Å². The highest BCUT2D eigenvalue weighted by molar-refractivity contribution is 5.90.